The Bertz CT molecular complexity index is 3810. The van der Waals surface area contributed by atoms with Crippen LogP contribution >= 0.6 is 0 Å². The van der Waals surface area contributed by atoms with Crippen molar-refractivity contribution < 1.29 is 34.3 Å². The maximum Gasteiger partial charge on any atom is 0.162 e. The summed E-state index contributed by atoms with van der Waals surface area (Å²) >= 11 is 0. The molecule has 0 aliphatic rings. The number of hydrogen-bond acceptors (Lipinski definition) is 3. The van der Waals surface area contributed by atoms with Crippen LogP contribution in [0.25, 0.3) is 77.9 Å². The van der Waals surface area contributed by atoms with Gasteiger partial charge in [-0.3, -0.25) is 9.13 Å². The highest BCUT2D eigenvalue weighted by atomic mass is 15.1. The molecule has 206 valence electrons. The lowest BCUT2D eigenvalue weighted by Gasteiger charge is -2.15. The van der Waals surface area contributed by atoms with Crippen LogP contribution in [-0.2, 0) is 0 Å². The molecule has 0 saturated carbocycles. The van der Waals surface area contributed by atoms with Crippen molar-refractivity contribution in [1.29, 1.82) is 0 Å². The first-order valence-electron chi connectivity index (χ1n) is 25.2. The summed E-state index contributed by atoms with van der Waals surface area (Å²) in [4.78, 5) is 13.0. The summed E-state index contributed by atoms with van der Waals surface area (Å²) in [6.45, 7) is 0. The van der Waals surface area contributed by atoms with Crippen molar-refractivity contribution in [2.45, 2.75) is 0 Å². The third-order valence-electron chi connectivity index (χ3n) is 6.74. The van der Waals surface area contributed by atoms with Crippen molar-refractivity contribution in [2.75, 3.05) is 0 Å². The van der Waals surface area contributed by atoms with Crippen molar-refractivity contribution in [3.63, 3.8) is 0 Å². The molecule has 5 heteroatoms. The van der Waals surface area contributed by atoms with Gasteiger partial charge in [0.05, 0.1) is 62.2 Å². The van der Waals surface area contributed by atoms with E-state index in [-0.39, 0.29) is 0 Å². The highest BCUT2D eigenvalue weighted by molar-refractivity contribution is 6.10. The summed E-state index contributed by atoms with van der Waals surface area (Å²) in [5.41, 5.74) is -5.79. The van der Waals surface area contributed by atoms with Gasteiger partial charge in [-0.1, -0.05) is 103 Å². The first-order valence-corrected chi connectivity index (χ1v) is 12.7. The van der Waals surface area contributed by atoms with E-state index in [9.17, 15) is 4.11 Å². The quantitative estimate of drug-likeness (QED) is 0.206. The fourth-order valence-corrected chi connectivity index (χ4v) is 4.97. The fourth-order valence-electron chi connectivity index (χ4n) is 4.97. The molecule has 0 aliphatic heterocycles. The molecule has 0 atom stereocenters. The van der Waals surface area contributed by atoms with E-state index in [0.29, 0.717) is 0 Å². The predicted octanol–water partition coefficient (Wildman–Crippen LogP) is 9.40. The number of aromatic nitrogens is 5. The summed E-state index contributed by atoms with van der Waals surface area (Å²) in [5, 5.41) is -1.92. The van der Waals surface area contributed by atoms with E-state index < -0.39 is 229 Å². The van der Waals surface area contributed by atoms with Crippen molar-refractivity contribution in [3.05, 3.63) is 151 Å². The Morgan fingerprint density at radius 2 is 1.07 bits per heavy atom. The van der Waals surface area contributed by atoms with Gasteiger partial charge in [-0.25, -0.2) is 15.0 Å². The second-order valence-electron chi connectivity index (χ2n) is 9.08. The third-order valence-corrected chi connectivity index (χ3v) is 6.74. The Morgan fingerprint density at radius 1 is 0.500 bits per heavy atom. The van der Waals surface area contributed by atoms with Gasteiger partial charge in [0.25, 0.3) is 0 Å². The highest BCUT2D eigenvalue weighted by Crippen LogP contribution is 2.37. The number of fused-ring (bicyclic) bond motifs is 6. The van der Waals surface area contributed by atoms with E-state index in [1.807, 2.05) is 0 Å². The first kappa shape index (κ1) is 10.3. The van der Waals surface area contributed by atoms with Crippen LogP contribution in [0.2, 0.25) is 0 Å². The van der Waals surface area contributed by atoms with Crippen LogP contribution in [0.4, 0.5) is 0 Å². The maximum absolute atomic E-state index is 9.90. The third kappa shape index (κ3) is 3.69. The van der Waals surface area contributed by atoms with Gasteiger partial charge >= 0.3 is 0 Å². The zero-order valence-electron chi connectivity index (χ0n) is 46.7. The number of rotatable bonds is 4. The number of benzene rings is 5. The minimum atomic E-state index is -1.05. The molecule has 9 rings (SSSR count). The highest BCUT2D eigenvalue weighted by Gasteiger charge is 2.20. The number of para-hydroxylation sites is 4. The van der Waals surface area contributed by atoms with Gasteiger partial charge in [-0.2, -0.15) is 0 Å². The molecule has 0 unspecified atom stereocenters. The van der Waals surface area contributed by atoms with Crippen LogP contribution in [-0.4, -0.2) is 24.1 Å². The molecule has 0 spiro atoms. The van der Waals surface area contributed by atoms with Gasteiger partial charge < -0.3 is 0 Å². The average Bonchev–Trinajstić information content (AvgIpc) is 3.85. The summed E-state index contributed by atoms with van der Waals surface area (Å²) in [6.07, 6.45) is -0.872. The topological polar surface area (TPSA) is 48.5 Å². The molecule has 0 bridgehead atoms. The summed E-state index contributed by atoms with van der Waals surface area (Å²) < 4.78 is 222. The van der Waals surface area contributed by atoms with Crippen LogP contribution in [0, 0.1) is 0 Å². The van der Waals surface area contributed by atoms with E-state index in [0.717, 1.165) is 9.13 Å². The van der Waals surface area contributed by atoms with E-state index in [4.69, 9.17) is 30.2 Å². The number of nitrogens with zero attached hydrogens (tertiary/aromatic N) is 5. The molecule has 4 heterocycles. The van der Waals surface area contributed by atoms with E-state index >= 15 is 0 Å². The Kier molecular flexibility index (Phi) is 2.28. The van der Waals surface area contributed by atoms with Gasteiger partial charge in [-0.15, -0.1) is 0 Å². The van der Waals surface area contributed by atoms with Crippen molar-refractivity contribution in [1.82, 2.24) is 24.1 Å². The lowest BCUT2D eigenvalue weighted by Crippen LogP contribution is -2.04. The van der Waals surface area contributed by atoms with Crippen LogP contribution in [0.5, 0.6) is 0 Å². The average molecular weight is 589 g/mol. The van der Waals surface area contributed by atoms with E-state index in [1.54, 1.807) is 0 Å². The van der Waals surface area contributed by atoms with Crippen molar-refractivity contribution in [2.24, 2.45) is 0 Å². The van der Waals surface area contributed by atoms with Gasteiger partial charge in [0, 0.05) is 44.9 Å². The van der Waals surface area contributed by atoms with Crippen LogP contribution < -0.4 is 0 Å². The van der Waals surface area contributed by atoms with E-state index in [1.165, 1.54) is 0 Å². The molecule has 0 N–H and O–H groups in total. The van der Waals surface area contributed by atoms with Gasteiger partial charge in [-0.05, 0) is 36.3 Å². The van der Waals surface area contributed by atoms with Gasteiger partial charge in [0.15, 0.2) is 5.82 Å². The summed E-state index contributed by atoms with van der Waals surface area (Å²) in [6, 6.07) is -21.4. The van der Waals surface area contributed by atoms with Gasteiger partial charge in [0.2, 0.25) is 0 Å². The van der Waals surface area contributed by atoms with E-state index in [2.05, 4.69) is 15.0 Å². The SMILES string of the molecule is [2H]c1nc2c(c([2H])c1[2H])c1c([2H])c([2H])c([2H])c([2H])c1n2-c1c([2H])c([2H])c([2H])c([2H])c1-c1nc(-c2c([2H])c([2H])c([2H])c([2H])c2[2H])nc(-n2c3c([2H])c([2H])c([2H])c([2H])c3c3c([2H])c([2H])c([2H])c([2H])c32)c1[2H]. The van der Waals surface area contributed by atoms with Gasteiger partial charge in [0.1, 0.15) is 11.5 Å². The second-order valence-corrected chi connectivity index (χ2v) is 9.08. The molecule has 9 aromatic rings. The molecular formula is C39H25N5. The normalized spacial score (nSPS) is 19.6. The minimum Gasteiger partial charge on any atom is -0.294 e. The largest absolute Gasteiger partial charge is 0.294 e. The summed E-state index contributed by atoms with van der Waals surface area (Å²) in [7, 11) is 0. The molecule has 0 radical (unpaired) electrons. The lowest BCUT2D eigenvalue weighted by atomic mass is 10.1. The number of hydrogen-bond donors (Lipinski definition) is 0. The van der Waals surface area contributed by atoms with Crippen LogP contribution in [0.1, 0.15) is 34.3 Å². The second kappa shape index (κ2) is 9.75. The molecule has 0 aliphatic carbocycles. The Hall–Kier alpha value is -6.07. The van der Waals surface area contributed by atoms with Crippen LogP contribution in [0.3, 0.4) is 0 Å². The molecule has 0 amide bonds. The molecule has 5 aromatic carbocycles. The van der Waals surface area contributed by atoms with Crippen molar-refractivity contribution in [3.8, 4) is 34.2 Å². The standard InChI is InChI=1S/C39H25N5/c1-2-13-26(14-3-1)38-41-32(25-37(42-38)43-33-20-8-4-15-27(33)28-16-5-9-21-34(28)43)31-18-7-11-23-36(31)44-35-22-10-6-17-29(35)30-19-12-24-40-39(30)44/h1-25H/i1D,2D,3D,4D,5D,6D,7D,8D,9D,10D,11D,12D,13D,14D,15D,16D,17D,18D,19D,20D,21D,22D,23D,24D,25D. The molecule has 4 aromatic heterocycles. The monoisotopic (exact) mass is 588 g/mol. The molecule has 0 saturated heterocycles. The Balaban J connectivity index is 1.61. The summed E-state index contributed by atoms with van der Waals surface area (Å²) in [5.74, 6) is -1.79. The lowest BCUT2D eigenvalue weighted by molar-refractivity contribution is 1.04. The zero-order valence-corrected chi connectivity index (χ0v) is 21.7. The molecular weight excluding hydrogens is 538 g/mol. The predicted molar refractivity (Wildman–Crippen MR) is 179 cm³/mol. The maximum atomic E-state index is 9.90. The van der Waals surface area contributed by atoms with Crippen molar-refractivity contribution >= 4 is 43.7 Å². The first-order chi connectivity index (χ1) is 32.2. The number of pyridine rings is 1. The smallest absolute Gasteiger partial charge is 0.162 e. The van der Waals surface area contributed by atoms with Crippen LogP contribution in [0.15, 0.2) is 151 Å². The fraction of sp³-hybridized carbons (Fsp3) is 0. The molecule has 5 nitrogen and oxygen atoms in total. The molecule has 44 heavy (non-hydrogen) atoms. The molecule has 0 fully saturated rings. The Labute approximate surface area is 288 Å². The Morgan fingerprint density at radius 3 is 1.80 bits per heavy atom. The zero-order chi connectivity index (χ0) is 50.8. The minimum absolute atomic E-state index is 0.459.